The third-order valence-corrected chi connectivity index (χ3v) is 4.98. The number of anilines is 2. The summed E-state index contributed by atoms with van der Waals surface area (Å²) in [6.07, 6.45) is 2.23. The van der Waals surface area contributed by atoms with E-state index >= 15 is 0 Å². The summed E-state index contributed by atoms with van der Waals surface area (Å²) in [5.74, 6) is -6.22. The Bertz CT molecular complexity index is 1370. The molecule has 2 heterocycles. The first-order valence-corrected chi connectivity index (χ1v) is 10.3. The summed E-state index contributed by atoms with van der Waals surface area (Å²) in [6.45, 7) is 1.49. The Morgan fingerprint density at radius 3 is 2.60 bits per heavy atom. The second kappa shape index (κ2) is 9.08. The van der Waals surface area contributed by atoms with Crippen LogP contribution in [0.25, 0.3) is 5.65 Å². The van der Waals surface area contributed by atoms with Crippen molar-refractivity contribution in [3.63, 3.8) is 0 Å². The normalized spacial score (nSPS) is 16.5. The van der Waals surface area contributed by atoms with E-state index in [1.54, 1.807) is 6.07 Å². The number of halogens is 3. The molecule has 3 aromatic rings. The number of carbonyl (C=O) groups is 2. The predicted octanol–water partition coefficient (Wildman–Crippen LogP) is 3.34. The summed E-state index contributed by atoms with van der Waals surface area (Å²) >= 11 is 0. The number of rotatable bonds is 8. The molecular formula is C22H20F3N7O3. The molecule has 0 bridgehead atoms. The van der Waals surface area contributed by atoms with Crippen molar-refractivity contribution < 1.29 is 27.5 Å². The lowest BCUT2D eigenvalue weighted by atomic mass is 10.2. The summed E-state index contributed by atoms with van der Waals surface area (Å²) in [5, 5.41) is 18.9. The van der Waals surface area contributed by atoms with E-state index in [9.17, 15) is 22.8 Å². The smallest absolute Gasteiger partial charge is 0.271 e. The van der Waals surface area contributed by atoms with E-state index in [1.807, 2.05) is 0 Å². The Labute approximate surface area is 196 Å². The van der Waals surface area contributed by atoms with Gasteiger partial charge >= 0.3 is 0 Å². The van der Waals surface area contributed by atoms with Crippen LogP contribution in [0, 0.1) is 17.1 Å². The molecule has 0 spiro atoms. The number of pyridine rings is 1. The highest BCUT2D eigenvalue weighted by molar-refractivity contribution is 6.07. The number of carbonyl (C=O) groups excluding carboxylic acids is 2. The summed E-state index contributed by atoms with van der Waals surface area (Å²) in [4.78, 5) is 28.3. The van der Waals surface area contributed by atoms with Crippen LogP contribution in [0.2, 0.25) is 0 Å². The molecule has 2 aromatic heterocycles. The van der Waals surface area contributed by atoms with Crippen molar-refractivity contribution in [2.45, 2.75) is 19.3 Å². The number of ether oxygens (including phenoxy) is 1. The minimum atomic E-state index is -3.00. The minimum absolute atomic E-state index is 0.0770. The number of amides is 2. The molecule has 1 atom stereocenters. The highest BCUT2D eigenvalue weighted by Gasteiger charge is 2.61. The number of benzene rings is 1. The molecule has 4 N–H and O–H groups in total. The van der Waals surface area contributed by atoms with Crippen LogP contribution in [0.4, 0.5) is 24.8 Å². The molecule has 13 heteroatoms. The summed E-state index contributed by atoms with van der Waals surface area (Å²) in [7, 11) is 1.50. The van der Waals surface area contributed by atoms with Gasteiger partial charge in [0.05, 0.1) is 11.9 Å². The molecule has 10 nitrogen and oxygen atoms in total. The molecular weight excluding hydrogens is 467 g/mol. The number of aromatic nitrogens is 3. The maximum absolute atomic E-state index is 14.3. The van der Waals surface area contributed by atoms with Gasteiger partial charge in [-0.05, 0) is 37.3 Å². The highest BCUT2D eigenvalue weighted by Crippen LogP contribution is 2.48. The molecule has 4 rings (SSSR count). The molecule has 1 aliphatic rings. The van der Waals surface area contributed by atoms with Gasteiger partial charge in [-0.3, -0.25) is 14.9 Å². The predicted molar refractivity (Wildman–Crippen MR) is 120 cm³/mol. The number of nitrogens with one attached hydrogen (secondary N) is 4. The average molecular weight is 487 g/mol. The Morgan fingerprint density at radius 1 is 1.23 bits per heavy atom. The van der Waals surface area contributed by atoms with Gasteiger partial charge in [0.15, 0.2) is 5.65 Å². The van der Waals surface area contributed by atoms with Gasteiger partial charge in [0.2, 0.25) is 11.9 Å². The maximum Gasteiger partial charge on any atom is 0.271 e. The zero-order chi connectivity index (χ0) is 25.3. The van der Waals surface area contributed by atoms with Crippen molar-refractivity contribution in [3.8, 4) is 11.5 Å². The average Bonchev–Trinajstić information content (AvgIpc) is 3.25. The lowest BCUT2D eigenvalue weighted by Gasteiger charge is -2.11. The fraction of sp³-hybridized carbons (Fsp3) is 0.227. The van der Waals surface area contributed by atoms with Crippen molar-refractivity contribution in [2.75, 3.05) is 17.7 Å². The molecule has 1 aromatic carbocycles. The van der Waals surface area contributed by atoms with Gasteiger partial charge in [-0.25, -0.2) is 17.7 Å². The number of nitrogens with zero attached hydrogens (tertiary/aromatic N) is 3. The second-order valence-corrected chi connectivity index (χ2v) is 7.80. The van der Waals surface area contributed by atoms with Crippen LogP contribution in [-0.4, -0.2) is 45.1 Å². The van der Waals surface area contributed by atoms with Crippen molar-refractivity contribution in [2.24, 2.45) is 5.92 Å². The maximum atomic E-state index is 14.3. The fourth-order valence-corrected chi connectivity index (χ4v) is 3.13. The largest absolute Gasteiger partial charge is 0.456 e. The third-order valence-electron chi connectivity index (χ3n) is 4.98. The summed E-state index contributed by atoms with van der Waals surface area (Å²) in [6, 6.07) is 6.82. The Morgan fingerprint density at radius 2 is 1.94 bits per heavy atom. The SMILES string of the molecule is CN/C(=C\C(C)=N)C(=O)Nc1cc(Oc2ccc3nc(NC(=O)C4CC4(F)F)nn3c2)ccc1F. The van der Waals surface area contributed by atoms with Gasteiger partial charge < -0.3 is 20.8 Å². The molecule has 35 heavy (non-hydrogen) atoms. The van der Waals surface area contributed by atoms with Gasteiger partial charge in [-0.1, -0.05) is 0 Å². The van der Waals surface area contributed by atoms with Crippen LogP contribution in [0.15, 0.2) is 48.3 Å². The molecule has 0 aliphatic heterocycles. The fourth-order valence-electron chi connectivity index (χ4n) is 3.13. The van der Waals surface area contributed by atoms with Gasteiger partial charge in [0.1, 0.15) is 28.9 Å². The number of allylic oxidation sites excluding steroid dienone is 1. The van der Waals surface area contributed by atoms with E-state index in [0.717, 1.165) is 6.07 Å². The van der Waals surface area contributed by atoms with Crippen LogP contribution in [-0.2, 0) is 9.59 Å². The van der Waals surface area contributed by atoms with Gasteiger partial charge in [-0.15, -0.1) is 5.10 Å². The zero-order valence-electron chi connectivity index (χ0n) is 18.5. The van der Waals surface area contributed by atoms with Crippen molar-refractivity contribution in [1.29, 1.82) is 5.41 Å². The number of fused-ring (bicyclic) bond motifs is 1. The van der Waals surface area contributed by atoms with E-state index in [-0.39, 0.29) is 34.5 Å². The van der Waals surface area contributed by atoms with Gasteiger partial charge in [0.25, 0.3) is 11.8 Å². The second-order valence-electron chi connectivity index (χ2n) is 7.80. The highest BCUT2D eigenvalue weighted by atomic mass is 19.3. The molecule has 1 saturated carbocycles. The molecule has 182 valence electrons. The van der Waals surface area contributed by atoms with E-state index < -0.39 is 35.9 Å². The lowest BCUT2D eigenvalue weighted by Crippen LogP contribution is -2.24. The first-order chi connectivity index (χ1) is 16.6. The Hall–Kier alpha value is -4.42. The Kier molecular flexibility index (Phi) is 6.16. The molecule has 0 radical (unpaired) electrons. The van der Waals surface area contributed by atoms with Crippen LogP contribution < -0.4 is 20.7 Å². The van der Waals surface area contributed by atoms with Crippen LogP contribution >= 0.6 is 0 Å². The van der Waals surface area contributed by atoms with E-state index in [1.165, 1.54) is 49.0 Å². The molecule has 1 unspecified atom stereocenters. The van der Waals surface area contributed by atoms with Crippen molar-refractivity contribution in [3.05, 3.63) is 54.1 Å². The number of hydrogen-bond donors (Lipinski definition) is 4. The molecule has 2 amide bonds. The number of alkyl halides is 2. The first-order valence-electron chi connectivity index (χ1n) is 10.3. The quantitative estimate of drug-likeness (QED) is 0.285. The summed E-state index contributed by atoms with van der Waals surface area (Å²) in [5.41, 5.74) is 0.405. The molecule has 1 fully saturated rings. The van der Waals surface area contributed by atoms with Crippen molar-refractivity contribution in [1.82, 2.24) is 19.9 Å². The van der Waals surface area contributed by atoms with E-state index in [0.29, 0.717) is 5.65 Å². The monoisotopic (exact) mass is 487 g/mol. The Balaban J connectivity index is 1.48. The van der Waals surface area contributed by atoms with E-state index in [4.69, 9.17) is 10.1 Å². The standard InChI is InChI=1S/C22H20F3N7O3/c1-11(26)7-17(27-2)20(34)28-16-8-12(3-5-15(16)23)35-13-4-6-18-29-21(31-32(18)10-13)30-19(33)14-9-22(14,24)25/h3-8,10,14,26-27H,9H2,1-2H3,(H,28,34)(H,30,31,33)/b17-7-,26-11?. The minimum Gasteiger partial charge on any atom is -0.456 e. The lowest BCUT2D eigenvalue weighted by molar-refractivity contribution is -0.119. The first kappa shape index (κ1) is 23.7. The third kappa shape index (κ3) is 5.39. The van der Waals surface area contributed by atoms with Gasteiger partial charge in [-0.2, -0.15) is 4.98 Å². The topological polar surface area (TPSA) is 134 Å². The van der Waals surface area contributed by atoms with Crippen LogP contribution in [0.3, 0.4) is 0 Å². The summed E-state index contributed by atoms with van der Waals surface area (Å²) < 4.78 is 47.4. The molecule has 0 saturated heterocycles. The molecule has 1 aliphatic carbocycles. The number of hydrogen-bond acceptors (Lipinski definition) is 7. The van der Waals surface area contributed by atoms with E-state index in [2.05, 4.69) is 26.0 Å². The van der Waals surface area contributed by atoms with Crippen LogP contribution in [0.5, 0.6) is 11.5 Å². The van der Waals surface area contributed by atoms with Crippen LogP contribution in [0.1, 0.15) is 13.3 Å². The number of likely N-dealkylation sites (N-methyl/N-ethyl adjacent to an activating group) is 1. The zero-order valence-corrected chi connectivity index (χ0v) is 18.5. The van der Waals surface area contributed by atoms with Gasteiger partial charge in [0, 0.05) is 25.2 Å². The van der Waals surface area contributed by atoms with Crippen molar-refractivity contribution >= 4 is 34.8 Å².